The predicted molar refractivity (Wildman–Crippen MR) is 70.9 cm³/mol. The molecule has 3 aromatic rings. The van der Waals surface area contributed by atoms with Crippen molar-refractivity contribution in [2.45, 2.75) is 0 Å². The van der Waals surface area contributed by atoms with E-state index in [1.54, 1.807) is 24.5 Å². The van der Waals surface area contributed by atoms with E-state index in [1.165, 1.54) is 0 Å². The van der Waals surface area contributed by atoms with Gasteiger partial charge in [0.1, 0.15) is 5.75 Å². The summed E-state index contributed by atoms with van der Waals surface area (Å²) < 4.78 is 0. The normalized spacial score (nSPS) is 10.4. The Labute approximate surface area is 104 Å². The molecule has 4 heteroatoms. The van der Waals surface area contributed by atoms with Crippen LogP contribution in [0.3, 0.4) is 0 Å². The van der Waals surface area contributed by atoms with Gasteiger partial charge < -0.3 is 10.4 Å². The summed E-state index contributed by atoms with van der Waals surface area (Å²) in [7, 11) is 0. The number of nitrogens with zero attached hydrogens (tertiary/aromatic N) is 2. The maximum Gasteiger partial charge on any atom is 0.115 e. The maximum atomic E-state index is 9.22. The molecule has 4 nitrogen and oxygen atoms in total. The zero-order valence-electron chi connectivity index (χ0n) is 9.54. The molecule has 88 valence electrons. The third-order valence-electron chi connectivity index (χ3n) is 2.63. The van der Waals surface area contributed by atoms with Crippen molar-refractivity contribution in [1.29, 1.82) is 0 Å². The first-order chi connectivity index (χ1) is 8.81. The molecule has 0 amide bonds. The van der Waals surface area contributed by atoms with Crippen molar-refractivity contribution in [2.24, 2.45) is 0 Å². The first-order valence-corrected chi connectivity index (χ1v) is 5.58. The third-order valence-corrected chi connectivity index (χ3v) is 2.63. The second-order valence-corrected chi connectivity index (χ2v) is 3.93. The van der Waals surface area contributed by atoms with Gasteiger partial charge in [-0.05, 0) is 42.5 Å². The molecule has 0 aliphatic heterocycles. The van der Waals surface area contributed by atoms with Crippen LogP contribution in [0.25, 0.3) is 11.0 Å². The minimum Gasteiger partial charge on any atom is -0.508 e. The summed E-state index contributed by atoms with van der Waals surface area (Å²) in [5, 5.41) is 12.5. The van der Waals surface area contributed by atoms with Crippen molar-refractivity contribution in [1.82, 2.24) is 9.97 Å². The molecular weight excluding hydrogens is 226 g/mol. The van der Waals surface area contributed by atoms with E-state index in [-0.39, 0.29) is 5.75 Å². The molecule has 3 rings (SSSR count). The van der Waals surface area contributed by atoms with E-state index < -0.39 is 0 Å². The van der Waals surface area contributed by atoms with Crippen molar-refractivity contribution in [3.05, 3.63) is 54.9 Å². The first kappa shape index (κ1) is 10.5. The number of aromatic hydroxyl groups is 1. The molecule has 0 saturated carbocycles. The van der Waals surface area contributed by atoms with Crippen molar-refractivity contribution < 1.29 is 5.11 Å². The van der Waals surface area contributed by atoms with Gasteiger partial charge in [-0.2, -0.15) is 0 Å². The minimum atomic E-state index is 0.255. The standard InChI is InChI=1S/C14H11N3O/c18-12-4-1-10(2-5-12)17-11-3-6-13-14(9-11)16-8-7-15-13/h1-9,17-18H. The van der Waals surface area contributed by atoms with Gasteiger partial charge in [-0.25, -0.2) is 0 Å². The Morgan fingerprint density at radius 2 is 1.44 bits per heavy atom. The molecule has 0 saturated heterocycles. The number of phenols is 1. The number of phenolic OH excluding ortho intramolecular Hbond substituents is 1. The van der Waals surface area contributed by atoms with E-state index >= 15 is 0 Å². The Hall–Kier alpha value is -2.62. The topological polar surface area (TPSA) is 58.0 Å². The van der Waals surface area contributed by atoms with Gasteiger partial charge in [-0.1, -0.05) is 0 Å². The van der Waals surface area contributed by atoms with E-state index in [9.17, 15) is 5.11 Å². The van der Waals surface area contributed by atoms with Gasteiger partial charge in [0.25, 0.3) is 0 Å². The van der Waals surface area contributed by atoms with Gasteiger partial charge >= 0.3 is 0 Å². The Morgan fingerprint density at radius 3 is 2.22 bits per heavy atom. The molecule has 0 bridgehead atoms. The van der Waals surface area contributed by atoms with Gasteiger partial charge in [0.2, 0.25) is 0 Å². The van der Waals surface area contributed by atoms with Gasteiger partial charge in [0.05, 0.1) is 11.0 Å². The molecule has 2 aromatic carbocycles. The summed E-state index contributed by atoms with van der Waals surface area (Å²) in [6, 6.07) is 12.7. The van der Waals surface area contributed by atoms with Gasteiger partial charge in [0.15, 0.2) is 0 Å². The Kier molecular flexibility index (Phi) is 2.53. The number of hydrogen-bond acceptors (Lipinski definition) is 4. The van der Waals surface area contributed by atoms with E-state index in [0.717, 1.165) is 22.4 Å². The number of anilines is 2. The average Bonchev–Trinajstić information content (AvgIpc) is 2.41. The lowest BCUT2D eigenvalue weighted by atomic mass is 10.2. The predicted octanol–water partition coefficient (Wildman–Crippen LogP) is 3.08. The van der Waals surface area contributed by atoms with E-state index in [0.29, 0.717) is 0 Å². The number of nitrogens with one attached hydrogen (secondary N) is 1. The lowest BCUT2D eigenvalue weighted by Crippen LogP contribution is -1.90. The summed E-state index contributed by atoms with van der Waals surface area (Å²) in [6.07, 6.45) is 3.35. The molecule has 0 fully saturated rings. The number of rotatable bonds is 2. The highest BCUT2D eigenvalue weighted by atomic mass is 16.3. The van der Waals surface area contributed by atoms with Crippen LogP contribution in [0.5, 0.6) is 5.75 Å². The number of fused-ring (bicyclic) bond motifs is 1. The van der Waals surface area contributed by atoms with Crippen LogP contribution in [0.2, 0.25) is 0 Å². The van der Waals surface area contributed by atoms with Crippen LogP contribution in [0, 0.1) is 0 Å². The van der Waals surface area contributed by atoms with Crippen LogP contribution in [0.4, 0.5) is 11.4 Å². The molecule has 0 radical (unpaired) electrons. The monoisotopic (exact) mass is 237 g/mol. The van der Waals surface area contributed by atoms with Crippen molar-refractivity contribution in [3.63, 3.8) is 0 Å². The quantitative estimate of drug-likeness (QED) is 0.672. The van der Waals surface area contributed by atoms with E-state index in [2.05, 4.69) is 15.3 Å². The fourth-order valence-corrected chi connectivity index (χ4v) is 1.75. The SMILES string of the molecule is Oc1ccc(Nc2ccc3nccnc3c2)cc1. The summed E-state index contributed by atoms with van der Waals surface area (Å²) in [5.74, 6) is 0.255. The largest absolute Gasteiger partial charge is 0.508 e. The molecule has 0 aliphatic rings. The molecular formula is C14H11N3O. The lowest BCUT2D eigenvalue weighted by Gasteiger charge is -2.07. The average molecular weight is 237 g/mol. The Morgan fingerprint density at radius 1 is 0.778 bits per heavy atom. The van der Waals surface area contributed by atoms with Crippen LogP contribution >= 0.6 is 0 Å². The summed E-state index contributed by atoms with van der Waals surface area (Å²) >= 11 is 0. The number of hydrogen-bond donors (Lipinski definition) is 2. The van der Waals surface area contributed by atoms with Gasteiger partial charge in [0, 0.05) is 23.8 Å². The molecule has 1 heterocycles. The van der Waals surface area contributed by atoms with Gasteiger partial charge in [-0.15, -0.1) is 0 Å². The van der Waals surface area contributed by atoms with Crippen molar-refractivity contribution in [2.75, 3.05) is 5.32 Å². The zero-order chi connectivity index (χ0) is 12.4. The van der Waals surface area contributed by atoms with Gasteiger partial charge in [-0.3, -0.25) is 9.97 Å². The second-order valence-electron chi connectivity index (χ2n) is 3.93. The molecule has 0 atom stereocenters. The fraction of sp³-hybridized carbons (Fsp3) is 0. The van der Waals surface area contributed by atoms with Crippen LogP contribution in [0.15, 0.2) is 54.9 Å². The summed E-state index contributed by atoms with van der Waals surface area (Å²) in [5.41, 5.74) is 3.57. The number of aromatic nitrogens is 2. The minimum absolute atomic E-state index is 0.255. The summed E-state index contributed by atoms with van der Waals surface area (Å²) in [6.45, 7) is 0. The molecule has 18 heavy (non-hydrogen) atoms. The molecule has 1 aromatic heterocycles. The molecule has 0 spiro atoms. The molecule has 2 N–H and O–H groups in total. The van der Waals surface area contributed by atoms with Crippen LogP contribution in [0.1, 0.15) is 0 Å². The van der Waals surface area contributed by atoms with Crippen molar-refractivity contribution >= 4 is 22.4 Å². The maximum absolute atomic E-state index is 9.22. The second kappa shape index (κ2) is 4.33. The first-order valence-electron chi connectivity index (χ1n) is 5.58. The highest BCUT2D eigenvalue weighted by Gasteiger charge is 1.99. The highest BCUT2D eigenvalue weighted by Crippen LogP contribution is 2.21. The molecule has 0 unspecified atom stereocenters. The van der Waals surface area contributed by atoms with Crippen LogP contribution in [-0.2, 0) is 0 Å². The van der Waals surface area contributed by atoms with Crippen LogP contribution in [-0.4, -0.2) is 15.1 Å². The molecule has 0 aliphatic carbocycles. The fourth-order valence-electron chi connectivity index (χ4n) is 1.75. The van der Waals surface area contributed by atoms with Crippen LogP contribution < -0.4 is 5.32 Å². The smallest absolute Gasteiger partial charge is 0.115 e. The number of benzene rings is 2. The van der Waals surface area contributed by atoms with Crippen molar-refractivity contribution in [3.8, 4) is 5.75 Å². The summed E-state index contributed by atoms with van der Waals surface area (Å²) in [4.78, 5) is 8.47. The Bertz CT molecular complexity index is 680. The Balaban J connectivity index is 1.92. The lowest BCUT2D eigenvalue weighted by molar-refractivity contribution is 0.475. The third kappa shape index (κ3) is 2.08. The van der Waals surface area contributed by atoms with E-state index in [4.69, 9.17) is 0 Å². The highest BCUT2D eigenvalue weighted by molar-refractivity contribution is 5.79. The van der Waals surface area contributed by atoms with E-state index in [1.807, 2.05) is 30.3 Å². The zero-order valence-corrected chi connectivity index (χ0v) is 9.54.